The van der Waals surface area contributed by atoms with Gasteiger partial charge in [-0.1, -0.05) is 18.9 Å². The SMILES string of the molecule is COc1ccc(-c2nc(CCC(=O)c3ncccc3C)co2)cc1OCC1CCCC1. The number of Topliss-reactive ketones (excluding diaryl/α,β-unsaturated/α-hetero) is 1. The van der Waals surface area contributed by atoms with E-state index < -0.39 is 0 Å². The molecule has 6 nitrogen and oxygen atoms in total. The maximum absolute atomic E-state index is 12.5. The summed E-state index contributed by atoms with van der Waals surface area (Å²) in [6, 6.07) is 9.41. The lowest BCUT2D eigenvalue weighted by atomic mass is 10.1. The molecule has 1 aromatic carbocycles. The number of ether oxygens (including phenoxy) is 2. The highest BCUT2D eigenvalue weighted by Crippen LogP contribution is 2.34. The van der Waals surface area contributed by atoms with E-state index in [1.54, 1.807) is 19.6 Å². The van der Waals surface area contributed by atoms with Gasteiger partial charge in [-0.2, -0.15) is 0 Å². The van der Waals surface area contributed by atoms with Gasteiger partial charge in [0.2, 0.25) is 5.89 Å². The monoisotopic (exact) mass is 420 g/mol. The fraction of sp³-hybridized carbons (Fsp3) is 0.400. The van der Waals surface area contributed by atoms with Crippen molar-refractivity contribution < 1.29 is 18.7 Å². The number of carbonyl (C=O) groups is 1. The molecule has 1 aliphatic rings. The minimum absolute atomic E-state index is 0.00898. The van der Waals surface area contributed by atoms with Gasteiger partial charge in [0, 0.05) is 24.6 Å². The second-order valence-corrected chi connectivity index (χ2v) is 8.06. The Kier molecular flexibility index (Phi) is 6.65. The van der Waals surface area contributed by atoms with E-state index in [1.807, 2.05) is 37.3 Å². The molecule has 162 valence electrons. The second-order valence-electron chi connectivity index (χ2n) is 8.06. The predicted molar refractivity (Wildman–Crippen MR) is 118 cm³/mol. The van der Waals surface area contributed by atoms with Crippen LogP contribution in [0.5, 0.6) is 11.5 Å². The smallest absolute Gasteiger partial charge is 0.226 e. The lowest BCUT2D eigenvalue weighted by Crippen LogP contribution is -2.08. The van der Waals surface area contributed by atoms with Crippen LogP contribution in [0.15, 0.2) is 47.2 Å². The number of hydrogen-bond acceptors (Lipinski definition) is 6. The standard InChI is InChI=1S/C25H28N2O4/c1-17-6-5-13-26-24(17)21(28)11-10-20-16-31-25(27-20)19-9-12-22(29-2)23(14-19)30-15-18-7-3-4-8-18/h5-6,9,12-14,16,18H,3-4,7-8,10-11,15H2,1-2H3. The Labute approximate surface area is 182 Å². The molecule has 1 fully saturated rings. The van der Waals surface area contributed by atoms with Crippen LogP contribution in [0.1, 0.15) is 53.8 Å². The van der Waals surface area contributed by atoms with Crippen molar-refractivity contribution in [1.82, 2.24) is 9.97 Å². The van der Waals surface area contributed by atoms with Gasteiger partial charge in [-0.3, -0.25) is 9.78 Å². The minimum atomic E-state index is 0.00898. The van der Waals surface area contributed by atoms with Crippen LogP contribution in [-0.4, -0.2) is 29.5 Å². The molecule has 0 N–H and O–H groups in total. The molecule has 6 heteroatoms. The minimum Gasteiger partial charge on any atom is -0.493 e. The molecule has 0 radical (unpaired) electrons. The van der Waals surface area contributed by atoms with E-state index in [1.165, 1.54) is 25.7 Å². The van der Waals surface area contributed by atoms with Crippen molar-refractivity contribution in [2.75, 3.05) is 13.7 Å². The van der Waals surface area contributed by atoms with Gasteiger partial charge in [-0.05, 0) is 55.5 Å². The highest BCUT2D eigenvalue weighted by Gasteiger charge is 2.18. The van der Waals surface area contributed by atoms with Gasteiger partial charge >= 0.3 is 0 Å². The average molecular weight is 421 g/mol. The van der Waals surface area contributed by atoms with Crippen molar-refractivity contribution >= 4 is 5.78 Å². The van der Waals surface area contributed by atoms with Crippen LogP contribution in [0.4, 0.5) is 0 Å². The largest absolute Gasteiger partial charge is 0.493 e. The summed E-state index contributed by atoms with van der Waals surface area (Å²) in [5.41, 5.74) is 2.96. The molecule has 1 saturated carbocycles. The summed E-state index contributed by atoms with van der Waals surface area (Å²) in [7, 11) is 1.64. The first-order valence-electron chi connectivity index (χ1n) is 10.8. The van der Waals surface area contributed by atoms with Crippen LogP contribution in [0.25, 0.3) is 11.5 Å². The van der Waals surface area contributed by atoms with Gasteiger partial charge in [-0.15, -0.1) is 0 Å². The Morgan fingerprint density at radius 1 is 1.19 bits per heavy atom. The fourth-order valence-electron chi connectivity index (χ4n) is 4.00. The first-order valence-corrected chi connectivity index (χ1v) is 10.8. The topological polar surface area (TPSA) is 74.5 Å². The normalized spacial score (nSPS) is 14.0. The molecule has 2 aromatic heterocycles. The summed E-state index contributed by atoms with van der Waals surface area (Å²) < 4.78 is 17.2. The molecule has 0 amide bonds. The van der Waals surface area contributed by atoms with Gasteiger partial charge in [0.05, 0.1) is 19.4 Å². The zero-order valence-electron chi connectivity index (χ0n) is 18.1. The van der Waals surface area contributed by atoms with E-state index in [4.69, 9.17) is 13.9 Å². The Morgan fingerprint density at radius 3 is 2.81 bits per heavy atom. The number of hydrogen-bond donors (Lipinski definition) is 0. The number of carbonyl (C=O) groups excluding carboxylic acids is 1. The van der Waals surface area contributed by atoms with Crippen LogP contribution in [0.3, 0.4) is 0 Å². The fourth-order valence-corrected chi connectivity index (χ4v) is 4.00. The van der Waals surface area contributed by atoms with Crippen molar-refractivity contribution in [1.29, 1.82) is 0 Å². The summed E-state index contributed by atoms with van der Waals surface area (Å²) in [4.78, 5) is 21.2. The van der Waals surface area contributed by atoms with Crippen molar-refractivity contribution in [2.45, 2.75) is 45.4 Å². The quantitative estimate of drug-likeness (QED) is 0.429. The number of ketones is 1. The number of aromatic nitrogens is 2. The highest BCUT2D eigenvalue weighted by molar-refractivity contribution is 5.95. The second kappa shape index (κ2) is 9.77. The molecule has 2 heterocycles. The molecule has 4 rings (SSSR count). The van der Waals surface area contributed by atoms with Gasteiger partial charge in [-0.25, -0.2) is 4.98 Å². The van der Waals surface area contributed by atoms with Crippen LogP contribution < -0.4 is 9.47 Å². The molecule has 0 aliphatic heterocycles. The highest BCUT2D eigenvalue weighted by atomic mass is 16.5. The number of benzene rings is 1. The third kappa shape index (κ3) is 5.13. The third-order valence-corrected chi connectivity index (χ3v) is 5.79. The van der Waals surface area contributed by atoms with Gasteiger partial charge < -0.3 is 13.9 Å². The zero-order valence-corrected chi connectivity index (χ0v) is 18.1. The molecule has 1 aliphatic carbocycles. The van der Waals surface area contributed by atoms with Gasteiger partial charge in [0.15, 0.2) is 17.3 Å². The molecule has 3 aromatic rings. The maximum Gasteiger partial charge on any atom is 0.226 e. The molecule has 31 heavy (non-hydrogen) atoms. The first kappa shape index (κ1) is 21.1. The lowest BCUT2D eigenvalue weighted by Gasteiger charge is -2.14. The molecule has 0 bridgehead atoms. The van der Waals surface area contributed by atoms with Crippen LogP contribution in [0.2, 0.25) is 0 Å². The number of methoxy groups -OCH3 is 1. The van der Waals surface area contributed by atoms with E-state index in [9.17, 15) is 4.79 Å². The molecule has 0 atom stereocenters. The first-order chi connectivity index (χ1) is 15.1. The van der Waals surface area contributed by atoms with Gasteiger partial charge in [0.25, 0.3) is 0 Å². The van der Waals surface area contributed by atoms with Gasteiger partial charge in [0.1, 0.15) is 12.0 Å². The van der Waals surface area contributed by atoms with E-state index in [0.717, 1.165) is 16.8 Å². The molecule has 0 unspecified atom stereocenters. The lowest BCUT2D eigenvalue weighted by molar-refractivity contribution is 0.0977. The van der Waals surface area contributed by atoms with Crippen molar-refractivity contribution in [3.63, 3.8) is 0 Å². The number of nitrogens with zero attached hydrogens (tertiary/aromatic N) is 2. The van der Waals surface area contributed by atoms with Crippen LogP contribution >= 0.6 is 0 Å². The van der Waals surface area contributed by atoms with E-state index in [2.05, 4.69) is 9.97 Å². The van der Waals surface area contributed by atoms with E-state index in [-0.39, 0.29) is 5.78 Å². The maximum atomic E-state index is 12.5. The summed E-state index contributed by atoms with van der Waals surface area (Å²) in [5.74, 6) is 2.53. The Bertz CT molecular complexity index is 1040. The molecular weight excluding hydrogens is 392 g/mol. The molecule has 0 spiro atoms. The van der Waals surface area contributed by atoms with Crippen LogP contribution in [-0.2, 0) is 6.42 Å². The summed E-state index contributed by atoms with van der Waals surface area (Å²) in [6.07, 6.45) is 9.10. The third-order valence-electron chi connectivity index (χ3n) is 5.79. The van der Waals surface area contributed by atoms with Crippen molar-refractivity contribution in [3.8, 4) is 23.0 Å². The summed E-state index contributed by atoms with van der Waals surface area (Å²) >= 11 is 0. The number of aryl methyl sites for hydroxylation is 2. The Balaban J connectivity index is 1.42. The number of oxazole rings is 1. The Hall–Kier alpha value is -3.15. The Morgan fingerprint density at radius 2 is 2.03 bits per heavy atom. The number of pyridine rings is 1. The van der Waals surface area contributed by atoms with Crippen LogP contribution in [0, 0.1) is 12.8 Å². The van der Waals surface area contributed by atoms with Crippen molar-refractivity contribution in [2.24, 2.45) is 5.92 Å². The number of rotatable bonds is 9. The summed E-state index contributed by atoms with van der Waals surface area (Å²) in [6.45, 7) is 2.59. The zero-order chi connectivity index (χ0) is 21.6. The average Bonchev–Trinajstić information content (AvgIpc) is 3.48. The molecule has 0 saturated heterocycles. The summed E-state index contributed by atoms with van der Waals surface area (Å²) in [5, 5.41) is 0. The predicted octanol–water partition coefficient (Wildman–Crippen LogP) is 5.44. The van der Waals surface area contributed by atoms with Crippen molar-refractivity contribution in [3.05, 3.63) is 59.7 Å². The van der Waals surface area contributed by atoms with E-state index >= 15 is 0 Å². The van der Waals surface area contributed by atoms with E-state index in [0.29, 0.717) is 48.5 Å². The molecular formula is C25H28N2O4.